The van der Waals surface area contributed by atoms with E-state index >= 15 is 0 Å². The standard InChI is InChI=1S/C38H50N4O5/c1-7-22-40(28-14-12-11-13-15-28)35(44)32-31-20-21-38(47-31)33(32)36(45)42(30(25-43)24-26(5)6)34(38)37(46)41(23-8-2)29-18-16-27(17-19-29)39(9-3)10-4/h7-8,11-19,26,30-34,43H,1-2,9-10,20-25H2,3-6H3/t30-,31-,32+,33+,34?,38?/m1/s1. The highest BCUT2D eigenvalue weighted by Gasteiger charge is 2.75. The molecule has 1 N–H and O–H groups in total. The smallest absolute Gasteiger partial charge is 0.253 e. The van der Waals surface area contributed by atoms with Gasteiger partial charge in [0.15, 0.2) is 0 Å². The van der Waals surface area contributed by atoms with Crippen LogP contribution in [0.25, 0.3) is 0 Å². The van der Waals surface area contributed by atoms with E-state index in [1.54, 1.807) is 26.9 Å². The molecule has 3 amide bonds. The van der Waals surface area contributed by atoms with Crippen LogP contribution >= 0.6 is 0 Å². The van der Waals surface area contributed by atoms with Gasteiger partial charge in [-0.25, -0.2) is 0 Å². The molecule has 0 radical (unpaired) electrons. The van der Waals surface area contributed by atoms with E-state index in [1.165, 1.54) is 0 Å². The number of rotatable bonds is 15. The minimum atomic E-state index is -1.19. The molecule has 0 aliphatic carbocycles. The number of benzene rings is 2. The number of aliphatic hydroxyl groups is 1. The van der Waals surface area contributed by atoms with Crippen LogP contribution in [0.4, 0.5) is 17.1 Å². The molecule has 2 bridgehead atoms. The minimum Gasteiger partial charge on any atom is -0.394 e. The van der Waals surface area contributed by atoms with Gasteiger partial charge in [-0.15, -0.1) is 13.2 Å². The van der Waals surface area contributed by atoms with Gasteiger partial charge in [0, 0.05) is 43.2 Å². The zero-order valence-electron chi connectivity index (χ0n) is 28.3. The van der Waals surface area contributed by atoms with Crippen molar-refractivity contribution in [3.05, 3.63) is 79.9 Å². The first kappa shape index (κ1) is 34.4. The van der Waals surface area contributed by atoms with Gasteiger partial charge in [0.2, 0.25) is 11.8 Å². The van der Waals surface area contributed by atoms with Crippen LogP contribution in [0.1, 0.15) is 47.0 Å². The lowest BCUT2D eigenvalue weighted by Crippen LogP contribution is -2.59. The summed E-state index contributed by atoms with van der Waals surface area (Å²) in [7, 11) is 0. The third kappa shape index (κ3) is 6.11. The quantitative estimate of drug-likeness (QED) is 0.274. The van der Waals surface area contributed by atoms with E-state index in [-0.39, 0.29) is 43.3 Å². The Kier molecular flexibility index (Phi) is 10.6. The van der Waals surface area contributed by atoms with Crippen molar-refractivity contribution in [2.75, 3.05) is 47.5 Å². The SMILES string of the molecule is C=CCN(C(=O)C1N([C@@H](CO)CC(C)C)C(=O)[C@@H]2[C@@H](C(=O)N(CC=C)c3ccccc3)[C@H]3CCC12O3)c1ccc(N(CC)CC)cc1. The molecule has 47 heavy (non-hydrogen) atoms. The molecule has 0 aromatic heterocycles. The number of ether oxygens (including phenoxy) is 1. The highest BCUT2D eigenvalue weighted by molar-refractivity contribution is 6.06. The van der Waals surface area contributed by atoms with E-state index in [2.05, 4.69) is 31.9 Å². The number of carbonyl (C=O) groups is 3. The number of fused-ring (bicyclic) bond motifs is 1. The molecule has 3 saturated heterocycles. The van der Waals surface area contributed by atoms with Crippen LogP contribution in [0.15, 0.2) is 79.9 Å². The predicted octanol–water partition coefficient (Wildman–Crippen LogP) is 5.05. The van der Waals surface area contributed by atoms with Gasteiger partial charge in [0.1, 0.15) is 11.6 Å². The summed E-state index contributed by atoms with van der Waals surface area (Å²) in [6.45, 7) is 18.0. The molecule has 3 heterocycles. The van der Waals surface area contributed by atoms with Crippen LogP contribution in [0.2, 0.25) is 0 Å². The Balaban J connectivity index is 1.58. The van der Waals surface area contributed by atoms with Crippen LogP contribution in [-0.2, 0) is 19.1 Å². The van der Waals surface area contributed by atoms with Crippen molar-refractivity contribution in [2.24, 2.45) is 17.8 Å². The summed E-state index contributed by atoms with van der Waals surface area (Å²) in [5.41, 5.74) is 1.26. The van der Waals surface area contributed by atoms with E-state index in [0.717, 1.165) is 18.8 Å². The van der Waals surface area contributed by atoms with E-state index < -0.39 is 35.6 Å². The fourth-order valence-electron chi connectivity index (χ4n) is 8.14. The van der Waals surface area contributed by atoms with Gasteiger partial charge < -0.3 is 29.4 Å². The van der Waals surface area contributed by atoms with Gasteiger partial charge in [0.05, 0.1) is 30.6 Å². The monoisotopic (exact) mass is 642 g/mol. The summed E-state index contributed by atoms with van der Waals surface area (Å²) in [6.07, 6.45) is 4.39. The molecule has 3 aliphatic rings. The number of carbonyl (C=O) groups excluding carboxylic acids is 3. The Bertz CT molecular complexity index is 1440. The normalized spacial score (nSPS) is 25.1. The molecule has 252 valence electrons. The summed E-state index contributed by atoms with van der Waals surface area (Å²) in [5, 5.41) is 10.7. The number of anilines is 3. The first-order valence-corrected chi connectivity index (χ1v) is 17.0. The molecular weight excluding hydrogens is 592 g/mol. The number of aliphatic hydroxyl groups excluding tert-OH is 1. The third-order valence-electron chi connectivity index (χ3n) is 10.1. The molecular formula is C38H50N4O5. The summed E-state index contributed by atoms with van der Waals surface area (Å²) in [5.74, 6) is -2.27. The topological polar surface area (TPSA) is 93.6 Å². The lowest BCUT2D eigenvalue weighted by Gasteiger charge is -2.39. The Morgan fingerprint density at radius 1 is 0.957 bits per heavy atom. The number of amides is 3. The first-order chi connectivity index (χ1) is 22.7. The average Bonchev–Trinajstić information content (AvgIpc) is 3.73. The van der Waals surface area contributed by atoms with Crippen LogP contribution < -0.4 is 14.7 Å². The van der Waals surface area contributed by atoms with Crippen molar-refractivity contribution in [1.29, 1.82) is 0 Å². The Hall–Kier alpha value is -3.95. The molecule has 2 unspecified atom stereocenters. The summed E-state index contributed by atoms with van der Waals surface area (Å²) < 4.78 is 6.76. The van der Waals surface area contributed by atoms with E-state index in [0.29, 0.717) is 30.6 Å². The largest absolute Gasteiger partial charge is 0.394 e. The highest BCUT2D eigenvalue weighted by atomic mass is 16.5. The van der Waals surface area contributed by atoms with Gasteiger partial charge in [-0.05, 0) is 75.4 Å². The molecule has 2 aromatic carbocycles. The number of likely N-dealkylation sites (tertiary alicyclic amines) is 1. The third-order valence-corrected chi connectivity index (χ3v) is 10.1. The number of nitrogens with zero attached hydrogens (tertiary/aromatic N) is 4. The first-order valence-electron chi connectivity index (χ1n) is 17.0. The number of hydrogen-bond acceptors (Lipinski definition) is 6. The van der Waals surface area contributed by atoms with Crippen molar-refractivity contribution in [2.45, 2.75) is 70.7 Å². The Labute approximate surface area is 279 Å². The van der Waals surface area contributed by atoms with Crippen LogP contribution in [-0.4, -0.2) is 84.3 Å². The second-order valence-electron chi connectivity index (χ2n) is 13.3. The van der Waals surface area contributed by atoms with Gasteiger partial charge >= 0.3 is 0 Å². The fourth-order valence-corrected chi connectivity index (χ4v) is 8.14. The van der Waals surface area contributed by atoms with Gasteiger partial charge in [-0.3, -0.25) is 14.4 Å². The van der Waals surface area contributed by atoms with E-state index in [1.807, 2.05) is 68.4 Å². The molecule has 3 fully saturated rings. The van der Waals surface area contributed by atoms with Crippen molar-refractivity contribution >= 4 is 34.8 Å². The second-order valence-corrected chi connectivity index (χ2v) is 13.3. The number of hydrogen-bond donors (Lipinski definition) is 1. The van der Waals surface area contributed by atoms with E-state index in [4.69, 9.17) is 4.74 Å². The molecule has 3 aliphatic heterocycles. The predicted molar refractivity (Wildman–Crippen MR) is 186 cm³/mol. The zero-order valence-corrected chi connectivity index (χ0v) is 28.3. The van der Waals surface area contributed by atoms with Gasteiger partial charge in [0.25, 0.3) is 5.91 Å². The second kappa shape index (κ2) is 14.4. The van der Waals surface area contributed by atoms with Crippen LogP contribution in [0.5, 0.6) is 0 Å². The summed E-state index contributed by atoms with van der Waals surface area (Å²) in [4.78, 5) is 51.3. The number of para-hydroxylation sites is 1. The molecule has 9 heteroatoms. The lowest BCUT2D eigenvalue weighted by atomic mass is 9.70. The van der Waals surface area contributed by atoms with Crippen molar-refractivity contribution in [3.8, 4) is 0 Å². The highest BCUT2D eigenvalue weighted by Crippen LogP contribution is 2.59. The fraction of sp³-hybridized carbons (Fsp3) is 0.500. The summed E-state index contributed by atoms with van der Waals surface area (Å²) >= 11 is 0. The van der Waals surface area contributed by atoms with Crippen molar-refractivity contribution in [1.82, 2.24) is 4.90 Å². The Morgan fingerprint density at radius 3 is 2.09 bits per heavy atom. The maximum atomic E-state index is 15.0. The van der Waals surface area contributed by atoms with Crippen LogP contribution in [0, 0.1) is 17.8 Å². The zero-order chi connectivity index (χ0) is 33.9. The molecule has 9 nitrogen and oxygen atoms in total. The van der Waals surface area contributed by atoms with Crippen molar-refractivity contribution < 1.29 is 24.2 Å². The lowest BCUT2D eigenvalue weighted by molar-refractivity contribution is -0.144. The molecule has 0 saturated carbocycles. The molecule has 2 aromatic rings. The molecule has 6 atom stereocenters. The minimum absolute atomic E-state index is 0.154. The van der Waals surface area contributed by atoms with Crippen molar-refractivity contribution in [3.63, 3.8) is 0 Å². The average molecular weight is 643 g/mol. The maximum absolute atomic E-state index is 15.0. The molecule has 5 rings (SSSR count). The Morgan fingerprint density at radius 2 is 1.53 bits per heavy atom. The summed E-state index contributed by atoms with van der Waals surface area (Å²) in [6, 6.07) is 15.6. The van der Waals surface area contributed by atoms with E-state index in [9.17, 15) is 19.5 Å². The van der Waals surface area contributed by atoms with Gasteiger partial charge in [-0.1, -0.05) is 44.2 Å². The maximum Gasteiger partial charge on any atom is 0.253 e. The van der Waals surface area contributed by atoms with Gasteiger partial charge in [-0.2, -0.15) is 0 Å². The van der Waals surface area contributed by atoms with Crippen LogP contribution in [0.3, 0.4) is 0 Å². The molecule has 1 spiro atoms.